The molecule has 0 radical (unpaired) electrons. The predicted octanol–water partition coefficient (Wildman–Crippen LogP) is 0.280. The highest BCUT2D eigenvalue weighted by atomic mass is 16.5. The third-order valence-corrected chi connectivity index (χ3v) is 3.20. The average molecular weight is 212 g/mol. The molecule has 1 saturated carbocycles. The minimum Gasteiger partial charge on any atom is -0.381 e. The molecule has 2 N–H and O–H groups in total. The van der Waals surface area contributed by atoms with Gasteiger partial charge in [-0.05, 0) is 32.1 Å². The summed E-state index contributed by atoms with van der Waals surface area (Å²) < 4.78 is 5.32. The molecule has 1 saturated heterocycles. The number of amides is 1. The van der Waals surface area contributed by atoms with Gasteiger partial charge in [-0.1, -0.05) is 0 Å². The largest absolute Gasteiger partial charge is 0.381 e. The topological polar surface area (TPSA) is 50.4 Å². The van der Waals surface area contributed by atoms with Gasteiger partial charge < -0.3 is 15.4 Å². The maximum absolute atomic E-state index is 11.4. The number of rotatable bonds is 5. The molecule has 2 atom stereocenters. The van der Waals surface area contributed by atoms with E-state index < -0.39 is 0 Å². The Hall–Kier alpha value is -0.610. The van der Waals surface area contributed by atoms with E-state index in [9.17, 15) is 4.79 Å². The minimum atomic E-state index is 0.128. The molecule has 0 aromatic rings. The second kappa shape index (κ2) is 4.94. The van der Waals surface area contributed by atoms with Gasteiger partial charge in [-0.2, -0.15) is 0 Å². The molecule has 2 rings (SSSR count). The van der Waals surface area contributed by atoms with Crippen LogP contribution in [0.15, 0.2) is 0 Å². The van der Waals surface area contributed by atoms with Crippen molar-refractivity contribution in [1.82, 2.24) is 10.6 Å². The summed E-state index contributed by atoms with van der Waals surface area (Å²) in [5.41, 5.74) is 0. The summed E-state index contributed by atoms with van der Waals surface area (Å²) >= 11 is 0. The van der Waals surface area contributed by atoms with Crippen molar-refractivity contribution in [1.29, 1.82) is 0 Å². The Morgan fingerprint density at radius 3 is 2.87 bits per heavy atom. The maximum Gasteiger partial charge on any atom is 0.234 e. The van der Waals surface area contributed by atoms with E-state index in [1.54, 1.807) is 0 Å². The van der Waals surface area contributed by atoms with Crippen LogP contribution in [-0.4, -0.2) is 37.7 Å². The number of ether oxygens (including phenoxy) is 1. The number of nitrogens with one attached hydrogen (secondary N) is 2. The summed E-state index contributed by atoms with van der Waals surface area (Å²) in [6.45, 7) is 4.27. The lowest BCUT2D eigenvalue weighted by Crippen LogP contribution is -2.41. The number of carbonyl (C=O) groups is 1. The highest BCUT2D eigenvalue weighted by molar-refractivity contribution is 5.78. The van der Waals surface area contributed by atoms with Crippen LogP contribution in [0.4, 0.5) is 0 Å². The third-order valence-electron chi connectivity index (χ3n) is 3.20. The van der Waals surface area contributed by atoms with Crippen LogP contribution < -0.4 is 10.6 Å². The Labute approximate surface area is 90.8 Å². The first-order chi connectivity index (χ1) is 7.25. The monoisotopic (exact) mass is 212 g/mol. The second-order valence-corrected chi connectivity index (χ2v) is 4.64. The fraction of sp³-hybridized carbons (Fsp3) is 0.909. The standard InChI is InChI=1S/C11H20N2O2/c1-8(9-4-5-15-7-9)12-6-11(14)13-10-2-3-10/h8-10,12H,2-7H2,1H3,(H,13,14). The van der Waals surface area contributed by atoms with Crippen LogP contribution in [0, 0.1) is 5.92 Å². The van der Waals surface area contributed by atoms with Gasteiger partial charge in [-0.25, -0.2) is 0 Å². The first-order valence-corrected chi connectivity index (χ1v) is 5.86. The van der Waals surface area contributed by atoms with Crippen LogP contribution in [0.2, 0.25) is 0 Å². The van der Waals surface area contributed by atoms with E-state index in [4.69, 9.17) is 4.74 Å². The van der Waals surface area contributed by atoms with Gasteiger partial charge in [0.2, 0.25) is 5.91 Å². The van der Waals surface area contributed by atoms with Crippen molar-refractivity contribution in [2.24, 2.45) is 5.92 Å². The van der Waals surface area contributed by atoms with E-state index in [-0.39, 0.29) is 5.91 Å². The molecule has 1 heterocycles. The Bertz CT molecular complexity index is 223. The lowest BCUT2D eigenvalue weighted by molar-refractivity contribution is -0.120. The molecule has 2 aliphatic rings. The summed E-state index contributed by atoms with van der Waals surface area (Å²) in [6, 6.07) is 0.835. The molecule has 0 aromatic carbocycles. The summed E-state index contributed by atoms with van der Waals surface area (Å²) in [7, 11) is 0. The Morgan fingerprint density at radius 1 is 1.47 bits per heavy atom. The quantitative estimate of drug-likeness (QED) is 0.688. The summed E-state index contributed by atoms with van der Waals surface area (Å²) in [5.74, 6) is 0.696. The molecule has 1 aliphatic heterocycles. The van der Waals surface area contributed by atoms with Crippen molar-refractivity contribution in [3.05, 3.63) is 0 Å². The van der Waals surface area contributed by atoms with Gasteiger partial charge in [-0.15, -0.1) is 0 Å². The minimum absolute atomic E-state index is 0.128. The molecule has 0 aromatic heterocycles. The Balaban J connectivity index is 1.60. The normalized spacial score (nSPS) is 27.7. The zero-order valence-electron chi connectivity index (χ0n) is 9.29. The summed E-state index contributed by atoms with van der Waals surface area (Å²) in [5, 5.41) is 6.23. The van der Waals surface area contributed by atoms with Gasteiger partial charge in [0.25, 0.3) is 0 Å². The molecule has 2 fully saturated rings. The van der Waals surface area contributed by atoms with Gasteiger partial charge in [0.15, 0.2) is 0 Å². The van der Waals surface area contributed by atoms with Crippen LogP contribution in [0.1, 0.15) is 26.2 Å². The van der Waals surface area contributed by atoms with Gasteiger partial charge in [-0.3, -0.25) is 4.79 Å². The molecule has 4 heteroatoms. The van der Waals surface area contributed by atoms with E-state index in [1.165, 1.54) is 0 Å². The average Bonchev–Trinajstić information content (AvgIpc) is 2.86. The molecule has 86 valence electrons. The van der Waals surface area contributed by atoms with Crippen molar-refractivity contribution in [3.63, 3.8) is 0 Å². The van der Waals surface area contributed by atoms with Gasteiger partial charge in [0, 0.05) is 18.7 Å². The van der Waals surface area contributed by atoms with Crippen LogP contribution in [0.25, 0.3) is 0 Å². The Morgan fingerprint density at radius 2 is 2.27 bits per heavy atom. The molecule has 0 spiro atoms. The van der Waals surface area contributed by atoms with Crippen molar-refractivity contribution in [2.75, 3.05) is 19.8 Å². The highest BCUT2D eigenvalue weighted by Gasteiger charge is 2.25. The zero-order valence-corrected chi connectivity index (χ0v) is 9.29. The van der Waals surface area contributed by atoms with E-state index in [1.807, 2.05) is 0 Å². The summed E-state index contributed by atoms with van der Waals surface area (Å²) in [6.07, 6.45) is 3.41. The van der Waals surface area contributed by atoms with E-state index >= 15 is 0 Å². The second-order valence-electron chi connectivity index (χ2n) is 4.64. The molecule has 15 heavy (non-hydrogen) atoms. The van der Waals surface area contributed by atoms with Crippen LogP contribution in [-0.2, 0) is 9.53 Å². The molecular weight excluding hydrogens is 192 g/mol. The van der Waals surface area contributed by atoms with Crippen molar-refractivity contribution in [3.8, 4) is 0 Å². The molecule has 0 bridgehead atoms. The highest BCUT2D eigenvalue weighted by Crippen LogP contribution is 2.18. The third kappa shape index (κ3) is 3.47. The first-order valence-electron chi connectivity index (χ1n) is 5.86. The van der Waals surface area contributed by atoms with Crippen molar-refractivity contribution >= 4 is 5.91 Å². The van der Waals surface area contributed by atoms with Gasteiger partial charge in [0.1, 0.15) is 0 Å². The van der Waals surface area contributed by atoms with Gasteiger partial charge in [0.05, 0.1) is 13.2 Å². The number of carbonyl (C=O) groups excluding carboxylic acids is 1. The van der Waals surface area contributed by atoms with E-state index in [2.05, 4.69) is 17.6 Å². The van der Waals surface area contributed by atoms with Crippen molar-refractivity contribution in [2.45, 2.75) is 38.3 Å². The van der Waals surface area contributed by atoms with E-state index in [0.717, 1.165) is 32.5 Å². The predicted molar refractivity (Wildman–Crippen MR) is 57.6 cm³/mol. The first kappa shape index (κ1) is 10.9. The number of hydrogen-bond donors (Lipinski definition) is 2. The maximum atomic E-state index is 11.4. The number of hydrogen-bond acceptors (Lipinski definition) is 3. The SMILES string of the molecule is CC(NCC(=O)NC1CC1)C1CCOC1. The van der Waals surface area contributed by atoms with Crippen LogP contribution >= 0.6 is 0 Å². The summed E-state index contributed by atoms with van der Waals surface area (Å²) in [4.78, 5) is 11.4. The molecule has 2 unspecified atom stereocenters. The molecule has 1 aliphatic carbocycles. The van der Waals surface area contributed by atoms with Gasteiger partial charge >= 0.3 is 0 Å². The lowest BCUT2D eigenvalue weighted by atomic mass is 10.0. The smallest absolute Gasteiger partial charge is 0.234 e. The molecule has 4 nitrogen and oxygen atoms in total. The van der Waals surface area contributed by atoms with Crippen molar-refractivity contribution < 1.29 is 9.53 Å². The fourth-order valence-corrected chi connectivity index (χ4v) is 1.87. The zero-order chi connectivity index (χ0) is 10.7. The fourth-order valence-electron chi connectivity index (χ4n) is 1.87. The molecular formula is C11H20N2O2. The van der Waals surface area contributed by atoms with Crippen LogP contribution in [0.5, 0.6) is 0 Å². The van der Waals surface area contributed by atoms with Crippen LogP contribution in [0.3, 0.4) is 0 Å². The molecule has 1 amide bonds. The Kier molecular flexibility index (Phi) is 3.59. The van der Waals surface area contributed by atoms with E-state index in [0.29, 0.717) is 24.5 Å². The lowest BCUT2D eigenvalue weighted by Gasteiger charge is -2.18.